The number of non-ortho nitro benzene ring substituents is 1. The lowest BCUT2D eigenvalue weighted by Crippen LogP contribution is -2.39. The van der Waals surface area contributed by atoms with E-state index in [1.165, 1.54) is 12.1 Å². The van der Waals surface area contributed by atoms with Crippen LogP contribution < -0.4 is 9.80 Å². The molecule has 25 heavy (non-hydrogen) atoms. The Kier molecular flexibility index (Phi) is 4.35. The third-order valence-corrected chi connectivity index (χ3v) is 4.19. The molecule has 0 aliphatic carbocycles. The minimum Gasteiger partial charge on any atom is -0.315 e. The number of hydrogen-bond acceptors (Lipinski definition) is 3. The van der Waals surface area contributed by atoms with E-state index in [-0.39, 0.29) is 11.6 Å². The van der Waals surface area contributed by atoms with E-state index in [2.05, 4.69) is 0 Å². The van der Waals surface area contributed by atoms with Crippen molar-refractivity contribution < 1.29 is 4.92 Å². The molecule has 0 saturated carbocycles. The molecule has 126 valence electrons. The summed E-state index contributed by atoms with van der Waals surface area (Å²) in [5, 5.41) is 21.6. The zero-order valence-corrected chi connectivity index (χ0v) is 14.0. The maximum atomic E-state index is 11.0. The molecule has 3 aromatic rings. The molecule has 3 aromatic carbocycles. The monoisotopic (exact) mass is 334 g/mol. The van der Waals surface area contributed by atoms with Crippen LogP contribution in [0.1, 0.15) is 0 Å². The number of nitro benzene ring substituents is 1. The summed E-state index contributed by atoms with van der Waals surface area (Å²) in [6.45, 7) is 0. The standard InChI is InChI=1S/C19H18N4O2/c1-21(15-9-6-10-16(13-15)23(24)25)19(20)22(2)18-12-5-8-14-7-3-4-11-17(14)18/h3-13,20H,1-2H3. The van der Waals surface area contributed by atoms with Gasteiger partial charge in [-0.25, -0.2) is 0 Å². The fourth-order valence-corrected chi connectivity index (χ4v) is 2.78. The van der Waals surface area contributed by atoms with Gasteiger partial charge >= 0.3 is 0 Å². The van der Waals surface area contributed by atoms with Crippen molar-refractivity contribution in [3.63, 3.8) is 0 Å². The van der Waals surface area contributed by atoms with Gasteiger partial charge in [0.2, 0.25) is 5.96 Å². The van der Waals surface area contributed by atoms with E-state index in [9.17, 15) is 10.1 Å². The fraction of sp³-hybridized carbons (Fsp3) is 0.105. The minimum atomic E-state index is -0.435. The summed E-state index contributed by atoms with van der Waals surface area (Å²) >= 11 is 0. The first-order valence-corrected chi connectivity index (χ1v) is 7.77. The van der Waals surface area contributed by atoms with Crippen LogP contribution in [0.5, 0.6) is 0 Å². The molecule has 0 aliphatic rings. The van der Waals surface area contributed by atoms with Crippen LogP contribution in [0, 0.1) is 15.5 Å². The predicted octanol–water partition coefficient (Wildman–Crippen LogP) is 4.26. The van der Waals surface area contributed by atoms with Gasteiger partial charge in [-0.15, -0.1) is 0 Å². The van der Waals surface area contributed by atoms with Crippen molar-refractivity contribution in [1.82, 2.24) is 0 Å². The number of fused-ring (bicyclic) bond motifs is 1. The molecule has 0 atom stereocenters. The lowest BCUT2D eigenvalue weighted by Gasteiger charge is -2.28. The molecule has 0 saturated heterocycles. The van der Waals surface area contributed by atoms with E-state index in [0.29, 0.717) is 5.69 Å². The van der Waals surface area contributed by atoms with Crippen LogP contribution in [-0.4, -0.2) is 25.0 Å². The van der Waals surface area contributed by atoms with Gasteiger partial charge in [-0.1, -0.05) is 42.5 Å². The Morgan fingerprint density at radius 3 is 2.40 bits per heavy atom. The summed E-state index contributed by atoms with van der Waals surface area (Å²) in [4.78, 5) is 13.9. The highest BCUT2D eigenvalue weighted by Crippen LogP contribution is 2.27. The van der Waals surface area contributed by atoms with Crippen molar-refractivity contribution in [2.45, 2.75) is 0 Å². The molecule has 0 heterocycles. The van der Waals surface area contributed by atoms with E-state index < -0.39 is 4.92 Å². The summed E-state index contributed by atoms with van der Waals surface area (Å²) in [6.07, 6.45) is 0. The number of rotatable bonds is 3. The SMILES string of the molecule is CN(C(=N)N(C)c1cccc2ccccc12)c1cccc([N+](=O)[O-])c1. The maximum Gasteiger partial charge on any atom is 0.271 e. The highest BCUT2D eigenvalue weighted by atomic mass is 16.6. The van der Waals surface area contributed by atoms with E-state index in [1.54, 1.807) is 29.0 Å². The Balaban J connectivity index is 1.94. The molecule has 0 spiro atoms. The zero-order valence-electron chi connectivity index (χ0n) is 14.0. The van der Waals surface area contributed by atoms with Crippen LogP contribution in [0.25, 0.3) is 10.8 Å². The number of nitrogens with zero attached hydrogens (tertiary/aromatic N) is 3. The first kappa shape index (κ1) is 16.4. The topological polar surface area (TPSA) is 73.5 Å². The van der Waals surface area contributed by atoms with Crippen molar-refractivity contribution >= 4 is 33.8 Å². The van der Waals surface area contributed by atoms with Gasteiger partial charge in [0.15, 0.2) is 0 Å². The molecule has 0 aromatic heterocycles. The molecule has 0 aliphatic heterocycles. The molecule has 1 N–H and O–H groups in total. The Labute approximate surface area is 145 Å². The van der Waals surface area contributed by atoms with Gasteiger partial charge in [-0.2, -0.15) is 0 Å². The highest BCUT2D eigenvalue weighted by Gasteiger charge is 2.17. The third kappa shape index (κ3) is 3.14. The Morgan fingerprint density at radius 2 is 1.64 bits per heavy atom. The Morgan fingerprint density at radius 1 is 0.960 bits per heavy atom. The van der Waals surface area contributed by atoms with Crippen LogP contribution in [-0.2, 0) is 0 Å². The number of nitrogens with one attached hydrogen (secondary N) is 1. The van der Waals surface area contributed by atoms with Crippen molar-refractivity contribution in [2.24, 2.45) is 0 Å². The molecule has 0 unspecified atom stereocenters. The van der Waals surface area contributed by atoms with Crippen LogP contribution >= 0.6 is 0 Å². The molecule has 3 rings (SSSR count). The maximum absolute atomic E-state index is 11.0. The normalized spacial score (nSPS) is 10.5. The molecule has 0 radical (unpaired) electrons. The molecule has 0 bridgehead atoms. The van der Waals surface area contributed by atoms with Gasteiger partial charge < -0.3 is 9.80 Å². The second kappa shape index (κ2) is 6.60. The molecule has 6 nitrogen and oxygen atoms in total. The number of anilines is 2. The summed E-state index contributed by atoms with van der Waals surface area (Å²) in [7, 11) is 3.54. The van der Waals surface area contributed by atoms with Crippen molar-refractivity contribution in [1.29, 1.82) is 5.41 Å². The average Bonchev–Trinajstić information content (AvgIpc) is 2.65. The minimum absolute atomic E-state index is 0.00460. The van der Waals surface area contributed by atoms with Gasteiger partial charge in [0.05, 0.1) is 16.3 Å². The van der Waals surface area contributed by atoms with Crippen LogP contribution in [0.4, 0.5) is 17.1 Å². The van der Waals surface area contributed by atoms with Crippen LogP contribution in [0.15, 0.2) is 66.7 Å². The van der Waals surface area contributed by atoms with Gasteiger partial charge in [0.25, 0.3) is 5.69 Å². The van der Waals surface area contributed by atoms with Crippen LogP contribution in [0.2, 0.25) is 0 Å². The summed E-state index contributed by atoms with van der Waals surface area (Å²) in [5.41, 5.74) is 1.50. The van der Waals surface area contributed by atoms with E-state index in [4.69, 9.17) is 5.41 Å². The summed E-state index contributed by atoms with van der Waals surface area (Å²) in [6, 6.07) is 20.2. The van der Waals surface area contributed by atoms with Crippen molar-refractivity contribution in [3.8, 4) is 0 Å². The quantitative estimate of drug-likeness (QED) is 0.336. The van der Waals surface area contributed by atoms with Gasteiger partial charge in [-0.3, -0.25) is 15.5 Å². The largest absolute Gasteiger partial charge is 0.315 e. The fourth-order valence-electron chi connectivity index (χ4n) is 2.78. The summed E-state index contributed by atoms with van der Waals surface area (Å²) < 4.78 is 0. The van der Waals surface area contributed by atoms with Crippen molar-refractivity contribution in [2.75, 3.05) is 23.9 Å². The second-order valence-corrected chi connectivity index (χ2v) is 5.72. The van der Waals surface area contributed by atoms with E-state index in [0.717, 1.165) is 16.5 Å². The number of nitro groups is 1. The molecule has 0 amide bonds. The number of benzene rings is 3. The smallest absolute Gasteiger partial charge is 0.271 e. The van der Waals surface area contributed by atoms with Gasteiger partial charge in [-0.05, 0) is 17.5 Å². The predicted molar refractivity (Wildman–Crippen MR) is 102 cm³/mol. The lowest BCUT2D eigenvalue weighted by molar-refractivity contribution is -0.384. The van der Waals surface area contributed by atoms with E-state index in [1.807, 2.05) is 49.5 Å². The van der Waals surface area contributed by atoms with Gasteiger partial charge in [0, 0.05) is 31.6 Å². The summed E-state index contributed by atoms with van der Waals surface area (Å²) in [5.74, 6) is 0.219. The van der Waals surface area contributed by atoms with Crippen LogP contribution in [0.3, 0.4) is 0 Å². The molecule has 0 fully saturated rings. The number of guanidine groups is 1. The first-order valence-electron chi connectivity index (χ1n) is 7.77. The molecular formula is C19H18N4O2. The van der Waals surface area contributed by atoms with Gasteiger partial charge in [0.1, 0.15) is 0 Å². The third-order valence-electron chi connectivity index (χ3n) is 4.19. The Bertz CT molecular complexity index is 950. The van der Waals surface area contributed by atoms with Crippen molar-refractivity contribution in [3.05, 3.63) is 76.8 Å². The second-order valence-electron chi connectivity index (χ2n) is 5.72. The molecular weight excluding hydrogens is 316 g/mol. The molecule has 6 heteroatoms. The highest BCUT2D eigenvalue weighted by molar-refractivity contribution is 6.09. The zero-order chi connectivity index (χ0) is 18.0. The first-order chi connectivity index (χ1) is 12.0. The number of hydrogen-bond donors (Lipinski definition) is 1. The lowest BCUT2D eigenvalue weighted by atomic mass is 10.1. The Hall–Kier alpha value is -3.41. The van der Waals surface area contributed by atoms with E-state index >= 15 is 0 Å². The average molecular weight is 334 g/mol.